The fourth-order valence-electron chi connectivity index (χ4n) is 3.39. The number of rotatable bonds is 2. The zero-order valence-electron chi connectivity index (χ0n) is 14.3. The molecule has 0 unspecified atom stereocenters. The fourth-order valence-corrected chi connectivity index (χ4v) is 3.64. The molecule has 27 heavy (non-hydrogen) atoms. The minimum absolute atomic E-state index is 0.0733. The van der Waals surface area contributed by atoms with Crippen molar-refractivity contribution in [3.8, 4) is 0 Å². The van der Waals surface area contributed by atoms with Gasteiger partial charge in [0.2, 0.25) is 0 Å². The van der Waals surface area contributed by atoms with E-state index in [2.05, 4.69) is 6.07 Å². The van der Waals surface area contributed by atoms with E-state index in [1.54, 1.807) is 4.90 Å². The van der Waals surface area contributed by atoms with E-state index in [1.807, 2.05) is 42.5 Å². The minimum atomic E-state index is -0.530. The van der Waals surface area contributed by atoms with E-state index in [1.165, 1.54) is 23.8 Å². The molecule has 0 saturated heterocycles. The smallest absolute Gasteiger partial charge is 0.270 e. The predicted molar refractivity (Wildman–Crippen MR) is 104 cm³/mol. The maximum atomic E-state index is 13.3. The van der Waals surface area contributed by atoms with Gasteiger partial charge in [0.1, 0.15) is 0 Å². The second-order valence-corrected chi connectivity index (χ2v) is 6.79. The number of anilines is 1. The first-order chi connectivity index (χ1) is 13.0. The molecule has 3 aromatic carbocycles. The van der Waals surface area contributed by atoms with Crippen LogP contribution in [0.15, 0.2) is 66.7 Å². The Morgan fingerprint density at radius 2 is 1.63 bits per heavy atom. The van der Waals surface area contributed by atoms with Crippen LogP contribution in [0.5, 0.6) is 0 Å². The van der Waals surface area contributed by atoms with E-state index >= 15 is 0 Å². The number of non-ortho nitro benzene ring substituents is 1. The average molecular weight is 379 g/mol. The number of amides is 1. The van der Waals surface area contributed by atoms with Gasteiger partial charge in [0.15, 0.2) is 0 Å². The third kappa shape index (κ3) is 3.17. The number of nitro benzene ring substituents is 1. The van der Waals surface area contributed by atoms with E-state index in [9.17, 15) is 14.9 Å². The Labute approximate surface area is 161 Å². The summed E-state index contributed by atoms with van der Waals surface area (Å²) in [7, 11) is 0. The van der Waals surface area contributed by atoms with Gasteiger partial charge in [-0.05, 0) is 35.2 Å². The number of benzene rings is 3. The van der Waals surface area contributed by atoms with Crippen LogP contribution in [-0.2, 0) is 13.0 Å². The molecular formula is C21H15ClN2O3. The van der Waals surface area contributed by atoms with E-state index in [0.29, 0.717) is 6.54 Å². The summed E-state index contributed by atoms with van der Waals surface area (Å²) in [6.45, 7) is 0.416. The first-order valence-electron chi connectivity index (χ1n) is 8.45. The Morgan fingerprint density at radius 3 is 2.33 bits per heavy atom. The topological polar surface area (TPSA) is 63.4 Å². The average Bonchev–Trinajstić information content (AvgIpc) is 2.84. The van der Waals surface area contributed by atoms with Crippen molar-refractivity contribution >= 4 is 28.9 Å². The highest BCUT2D eigenvalue weighted by molar-refractivity contribution is 6.34. The Hall–Kier alpha value is -3.18. The van der Waals surface area contributed by atoms with E-state index in [0.717, 1.165) is 23.2 Å². The number of hydrogen-bond donors (Lipinski definition) is 0. The summed E-state index contributed by atoms with van der Waals surface area (Å²) in [5, 5.41) is 11.0. The highest BCUT2D eigenvalue weighted by Crippen LogP contribution is 2.33. The molecule has 0 bridgehead atoms. The van der Waals surface area contributed by atoms with Crippen LogP contribution in [0.25, 0.3) is 0 Å². The third-order valence-electron chi connectivity index (χ3n) is 4.75. The van der Waals surface area contributed by atoms with Gasteiger partial charge in [-0.1, -0.05) is 54.1 Å². The Bertz CT molecular complexity index is 1060. The molecule has 6 heteroatoms. The molecule has 4 rings (SSSR count). The largest absolute Gasteiger partial charge is 0.304 e. The summed E-state index contributed by atoms with van der Waals surface area (Å²) in [5.74, 6) is -0.279. The lowest BCUT2D eigenvalue weighted by molar-refractivity contribution is -0.384. The van der Waals surface area contributed by atoms with Gasteiger partial charge in [-0.3, -0.25) is 14.9 Å². The number of carbonyl (C=O) groups is 1. The maximum Gasteiger partial charge on any atom is 0.270 e. The quantitative estimate of drug-likeness (QED) is 0.465. The van der Waals surface area contributed by atoms with Crippen LogP contribution in [-0.4, -0.2) is 10.8 Å². The molecule has 0 atom stereocenters. The third-order valence-corrected chi connectivity index (χ3v) is 5.06. The summed E-state index contributed by atoms with van der Waals surface area (Å²) in [6, 6.07) is 19.7. The van der Waals surface area contributed by atoms with Gasteiger partial charge >= 0.3 is 0 Å². The maximum absolute atomic E-state index is 13.3. The first-order valence-corrected chi connectivity index (χ1v) is 8.83. The summed E-state index contributed by atoms with van der Waals surface area (Å²) in [6.07, 6.45) is 0.740. The molecule has 134 valence electrons. The monoisotopic (exact) mass is 378 g/mol. The molecule has 5 nitrogen and oxygen atoms in total. The van der Waals surface area contributed by atoms with Gasteiger partial charge < -0.3 is 4.90 Å². The van der Waals surface area contributed by atoms with Crippen LogP contribution in [0, 0.1) is 10.1 Å². The number of fused-ring (bicyclic) bond motifs is 2. The van der Waals surface area contributed by atoms with Crippen molar-refractivity contribution in [1.82, 2.24) is 0 Å². The van der Waals surface area contributed by atoms with Crippen LogP contribution in [0.1, 0.15) is 27.0 Å². The van der Waals surface area contributed by atoms with Crippen LogP contribution >= 0.6 is 11.6 Å². The zero-order chi connectivity index (χ0) is 19.0. The lowest BCUT2D eigenvalue weighted by atomic mass is 10.0. The normalized spacial score (nSPS) is 12.7. The number of halogens is 1. The number of hydrogen-bond acceptors (Lipinski definition) is 3. The van der Waals surface area contributed by atoms with Gasteiger partial charge in [0.05, 0.1) is 22.1 Å². The van der Waals surface area contributed by atoms with Gasteiger partial charge in [-0.15, -0.1) is 0 Å². The molecule has 1 aliphatic rings. The lowest BCUT2D eigenvalue weighted by Crippen LogP contribution is -2.30. The molecule has 0 radical (unpaired) electrons. The van der Waals surface area contributed by atoms with Crippen LogP contribution in [0.2, 0.25) is 5.02 Å². The minimum Gasteiger partial charge on any atom is -0.304 e. The summed E-state index contributed by atoms with van der Waals surface area (Å²) < 4.78 is 0. The number of nitrogens with zero attached hydrogens (tertiary/aromatic N) is 2. The van der Waals surface area contributed by atoms with Gasteiger partial charge in [0.25, 0.3) is 11.6 Å². The Morgan fingerprint density at radius 1 is 0.963 bits per heavy atom. The number of nitro groups is 1. The summed E-state index contributed by atoms with van der Waals surface area (Å²) >= 11 is 6.20. The predicted octanol–water partition coefficient (Wildman–Crippen LogP) is 5.00. The van der Waals surface area contributed by atoms with Crippen molar-refractivity contribution in [1.29, 1.82) is 0 Å². The van der Waals surface area contributed by atoms with Crippen molar-refractivity contribution in [3.05, 3.63) is 104 Å². The van der Waals surface area contributed by atoms with E-state index in [4.69, 9.17) is 11.6 Å². The fraction of sp³-hybridized carbons (Fsp3) is 0.0952. The second-order valence-electron chi connectivity index (χ2n) is 6.39. The van der Waals surface area contributed by atoms with Gasteiger partial charge in [-0.25, -0.2) is 0 Å². The molecule has 1 amide bonds. The highest BCUT2D eigenvalue weighted by atomic mass is 35.5. The molecule has 0 spiro atoms. The Balaban J connectivity index is 1.80. The lowest BCUT2D eigenvalue weighted by Gasteiger charge is -2.24. The van der Waals surface area contributed by atoms with Crippen LogP contribution in [0.4, 0.5) is 11.4 Å². The molecule has 3 aromatic rings. The van der Waals surface area contributed by atoms with Crippen molar-refractivity contribution in [3.63, 3.8) is 0 Å². The van der Waals surface area contributed by atoms with Crippen LogP contribution < -0.4 is 4.90 Å². The highest BCUT2D eigenvalue weighted by Gasteiger charge is 2.26. The van der Waals surface area contributed by atoms with Crippen molar-refractivity contribution in [2.24, 2.45) is 0 Å². The molecule has 0 aliphatic carbocycles. The van der Waals surface area contributed by atoms with E-state index < -0.39 is 4.92 Å². The van der Waals surface area contributed by atoms with E-state index in [-0.39, 0.29) is 22.2 Å². The molecule has 0 saturated carbocycles. The summed E-state index contributed by atoms with van der Waals surface area (Å²) in [4.78, 5) is 25.4. The van der Waals surface area contributed by atoms with Gasteiger partial charge in [-0.2, -0.15) is 0 Å². The second kappa shape index (κ2) is 6.85. The number of carbonyl (C=O) groups excluding carboxylic acids is 1. The molecule has 1 aliphatic heterocycles. The molecular weight excluding hydrogens is 364 g/mol. The van der Waals surface area contributed by atoms with Crippen molar-refractivity contribution in [2.75, 3.05) is 4.90 Å². The molecule has 0 fully saturated rings. The van der Waals surface area contributed by atoms with Crippen molar-refractivity contribution in [2.45, 2.75) is 13.0 Å². The van der Waals surface area contributed by atoms with Crippen LogP contribution in [0.3, 0.4) is 0 Å². The number of para-hydroxylation sites is 1. The molecule has 1 heterocycles. The summed E-state index contributed by atoms with van der Waals surface area (Å²) in [5.41, 5.74) is 4.23. The standard InChI is InChI=1S/C21H15ClN2O3/c22-19-12-17(24(26)27)9-10-18(19)21(25)23-13-16-7-2-1-5-14(16)11-15-6-3-4-8-20(15)23/h1-10,12H,11,13H2. The SMILES string of the molecule is O=C(c1ccc([N+](=O)[O-])cc1Cl)N1Cc2ccccc2Cc2ccccc21. The van der Waals surface area contributed by atoms with Crippen molar-refractivity contribution < 1.29 is 9.72 Å². The Kier molecular flexibility index (Phi) is 4.38. The molecule has 0 N–H and O–H groups in total. The zero-order valence-corrected chi connectivity index (χ0v) is 15.0. The van der Waals surface area contributed by atoms with Gasteiger partial charge in [0, 0.05) is 17.8 Å². The first kappa shape index (κ1) is 17.2. The molecule has 0 aromatic heterocycles.